The zero-order chi connectivity index (χ0) is 22.2. The molecule has 1 atom stereocenters. The lowest BCUT2D eigenvalue weighted by molar-refractivity contribution is -0.137. The predicted octanol–water partition coefficient (Wildman–Crippen LogP) is 4.24. The molecule has 0 spiro atoms. The maximum atomic E-state index is 13.4. The van der Waals surface area contributed by atoms with Crippen LogP contribution >= 0.6 is 11.6 Å². The van der Waals surface area contributed by atoms with Crippen molar-refractivity contribution >= 4 is 29.1 Å². The van der Waals surface area contributed by atoms with Crippen molar-refractivity contribution in [2.75, 3.05) is 11.4 Å². The summed E-state index contributed by atoms with van der Waals surface area (Å²) in [4.78, 5) is 29.5. The van der Waals surface area contributed by atoms with Crippen molar-refractivity contribution < 1.29 is 14.0 Å². The predicted molar refractivity (Wildman–Crippen MR) is 120 cm³/mol. The lowest BCUT2D eigenvalue weighted by Crippen LogP contribution is -2.38. The highest BCUT2D eigenvalue weighted by Crippen LogP contribution is 2.34. The van der Waals surface area contributed by atoms with Crippen LogP contribution in [0.5, 0.6) is 0 Å². The highest BCUT2D eigenvalue weighted by atomic mass is 35.5. The fourth-order valence-electron chi connectivity index (χ4n) is 4.06. The summed E-state index contributed by atoms with van der Waals surface area (Å²) in [6, 6.07) is 15.2. The second-order valence-corrected chi connectivity index (χ2v) is 8.83. The van der Waals surface area contributed by atoms with E-state index >= 15 is 0 Å². The van der Waals surface area contributed by atoms with E-state index in [1.165, 1.54) is 0 Å². The van der Waals surface area contributed by atoms with Crippen molar-refractivity contribution in [2.24, 2.45) is 5.92 Å². The topological polar surface area (TPSA) is 79.5 Å². The molecule has 1 aliphatic carbocycles. The van der Waals surface area contributed by atoms with Crippen LogP contribution < -0.4 is 4.90 Å². The van der Waals surface area contributed by atoms with Crippen LogP contribution in [0.3, 0.4) is 0 Å². The first-order chi connectivity index (χ1) is 15.5. The Kier molecular flexibility index (Phi) is 5.43. The molecule has 8 heteroatoms. The smallest absolute Gasteiger partial charge is 0.249 e. The molecular formula is C24H23ClN4O3. The van der Waals surface area contributed by atoms with Crippen LogP contribution in [0.15, 0.2) is 52.9 Å². The van der Waals surface area contributed by atoms with Gasteiger partial charge in [0.05, 0.1) is 23.0 Å². The molecule has 0 N–H and O–H groups in total. The molecule has 2 amide bonds. The summed E-state index contributed by atoms with van der Waals surface area (Å²) in [6.07, 6.45) is 2.10. The Morgan fingerprint density at radius 1 is 1.16 bits per heavy atom. The molecule has 1 saturated heterocycles. The van der Waals surface area contributed by atoms with E-state index in [0.29, 0.717) is 28.9 Å². The van der Waals surface area contributed by atoms with Gasteiger partial charge in [0.2, 0.25) is 23.6 Å². The van der Waals surface area contributed by atoms with Gasteiger partial charge in [0.15, 0.2) is 0 Å². The minimum atomic E-state index is -0.379. The number of hydrogen-bond donors (Lipinski definition) is 0. The molecule has 1 aliphatic heterocycles. The van der Waals surface area contributed by atoms with Crippen molar-refractivity contribution in [3.63, 3.8) is 0 Å². The van der Waals surface area contributed by atoms with E-state index in [9.17, 15) is 9.59 Å². The van der Waals surface area contributed by atoms with E-state index in [1.807, 2.05) is 49.4 Å². The highest BCUT2D eigenvalue weighted by molar-refractivity contribution is 6.33. The number of rotatable bonds is 6. The lowest BCUT2D eigenvalue weighted by atomic mass is 10.1. The summed E-state index contributed by atoms with van der Waals surface area (Å²) >= 11 is 6.23. The van der Waals surface area contributed by atoms with Crippen LogP contribution in [0.25, 0.3) is 11.5 Å². The summed E-state index contributed by atoms with van der Waals surface area (Å²) < 4.78 is 5.82. The standard InChI is InChI=1S/C24H23ClN4O3/c1-15-6-8-17(9-7-15)28-13-16(12-22(28)30)24(31)29(18-10-11-18)14-21-26-27-23(32-21)19-4-2-3-5-20(19)25/h2-9,16,18H,10-14H2,1H3/t16-/m1/s1. The number of benzene rings is 2. The number of anilines is 1. The number of halogens is 1. The van der Waals surface area contributed by atoms with Gasteiger partial charge in [0, 0.05) is 24.7 Å². The summed E-state index contributed by atoms with van der Waals surface area (Å²) in [6.45, 7) is 2.62. The van der Waals surface area contributed by atoms with Gasteiger partial charge in [-0.15, -0.1) is 10.2 Å². The zero-order valence-electron chi connectivity index (χ0n) is 17.7. The largest absolute Gasteiger partial charge is 0.419 e. The quantitative estimate of drug-likeness (QED) is 0.561. The molecule has 0 unspecified atom stereocenters. The average molecular weight is 451 g/mol. The van der Waals surface area contributed by atoms with Gasteiger partial charge in [0.25, 0.3) is 0 Å². The van der Waals surface area contributed by atoms with Crippen LogP contribution in [-0.2, 0) is 16.1 Å². The molecule has 5 rings (SSSR count). The van der Waals surface area contributed by atoms with Crippen LogP contribution in [0, 0.1) is 12.8 Å². The van der Waals surface area contributed by atoms with Gasteiger partial charge in [-0.3, -0.25) is 9.59 Å². The maximum Gasteiger partial charge on any atom is 0.249 e. The van der Waals surface area contributed by atoms with E-state index in [4.69, 9.17) is 16.0 Å². The minimum absolute atomic E-state index is 0.0262. The molecule has 32 heavy (non-hydrogen) atoms. The van der Waals surface area contributed by atoms with Crippen molar-refractivity contribution in [3.8, 4) is 11.5 Å². The number of hydrogen-bond acceptors (Lipinski definition) is 5. The van der Waals surface area contributed by atoms with E-state index in [0.717, 1.165) is 24.1 Å². The second kappa shape index (κ2) is 8.39. The number of aromatic nitrogens is 2. The normalized spacial score (nSPS) is 18.2. The Balaban J connectivity index is 1.31. The van der Waals surface area contributed by atoms with Gasteiger partial charge in [-0.1, -0.05) is 41.4 Å². The Hall–Kier alpha value is -3.19. The Morgan fingerprint density at radius 2 is 1.91 bits per heavy atom. The van der Waals surface area contributed by atoms with Crippen molar-refractivity contribution in [2.45, 2.75) is 38.8 Å². The lowest BCUT2D eigenvalue weighted by Gasteiger charge is -2.24. The maximum absolute atomic E-state index is 13.4. The molecule has 1 aromatic heterocycles. The number of carbonyl (C=O) groups excluding carboxylic acids is 2. The molecule has 2 aliphatic rings. The fourth-order valence-corrected chi connectivity index (χ4v) is 4.28. The Bertz CT molecular complexity index is 1160. The number of carbonyl (C=O) groups is 2. The van der Waals surface area contributed by atoms with Gasteiger partial charge in [0.1, 0.15) is 0 Å². The summed E-state index contributed by atoms with van der Waals surface area (Å²) in [5.74, 6) is 0.250. The van der Waals surface area contributed by atoms with Crippen molar-refractivity contribution in [1.82, 2.24) is 15.1 Å². The number of aryl methyl sites for hydroxylation is 1. The van der Waals surface area contributed by atoms with E-state index in [1.54, 1.807) is 15.9 Å². The monoisotopic (exact) mass is 450 g/mol. The van der Waals surface area contributed by atoms with Crippen LogP contribution in [-0.4, -0.2) is 39.5 Å². The summed E-state index contributed by atoms with van der Waals surface area (Å²) in [5.41, 5.74) is 2.62. The zero-order valence-corrected chi connectivity index (χ0v) is 18.5. The second-order valence-electron chi connectivity index (χ2n) is 8.42. The SMILES string of the molecule is Cc1ccc(N2C[C@H](C(=O)N(Cc3nnc(-c4ccccc4Cl)o3)C3CC3)CC2=O)cc1. The molecule has 0 radical (unpaired) electrons. The summed E-state index contributed by atoms with van der Waals surface area (Å²) in [5, 5.41) is 8.76. The third kappa shape index (κ3) is 4.12. The first-order valence-electron chi connectivity index (χ1n) is 10.7. The molecule has 7 nitrogen and oxygen atoms in total. The molecular weight excluding hydrogens is 428 g/mol. The Labute approximate surface area is 191 Å². The van der Waals surface area contributed by atoms with Crippen LogP contribution in [0.4, 0.5) is 5.69 Å². The van der Waals surface area contributed by atoms with Gasteiger partial charge in [-0.25, -0.2) is 0 Å². The van der Waals surface area contributed by atoms with Gasteiger partial charge >= 0.3 is 0 Å². The van der Waals surface area contributed by atoms with Gasteiger partial charge < -0.3 is 14.2 Å². The van der Waals surface area contributed by atoms with Crippen molar-refractivity contribution in [3.05, 3.63) is 65.0 Å². The molecule has 2 fully saturated rings. The average Bonchev–Trinajstić information content (AvgIpc) is 3.40. The van der Waals surface area contributed by atoms with Gasteiger partial charge in [-0.2, -0.15) is 0 Å². The molecule has 164 valence electrons. The molecule has 2 heterocycles. The molecule has 3 aromatic rings. The van der Waals surface area contributed by atoms with Crippen LogP contribution in [0.2, 0.25) is 5.02 Å². The third-order valence-corrected chi connectivity index (χ3v) is 6.30. The van der Waals surface area contributed by atoms with Gasteiger partial charge in [-0.05, 0) is 44.0 Å². The molecule has 0 bridgehead atoms. The van der Waals surface area contributed by atoms with Crippen LogP contribution in [0.1, 0.15) is 30.7 Å². The highest BCUT2D eigenvalue weighted by Gasteiger charge is 2.42. The first-order valence-corrected chi connectivity index (χ1v) is 11.1. The first kappa shape index (κ1) is 20.7. The third-order valence-electron chi connectivity index (χ3n) is 5.97. The minimum Gasteiger partial charge on any atom is -0.419 e. The molecule has 2 aromatic carbocycles. The number of nitrogens with zero attached hydrogens (tertiary/aromatic N) is 4. The molecule has 1 saturated carbocycles. The van der Waals surface area contributed by atoms with E-state index in [-0.39, 0.29) is 36.7 Å². The van der Waals surface area contributed by atoms with Crippen molar-refractivity contribution in [1.29, 1.82) is 0 Å². The fraction of sp³-hybridized carbons (Fsp3) is 0.333. The Morgan fingerprint density at radius 3 is 2.62 bits per heavy atom. The van der Waals surface area contributed by atoms with E-state index < -0.39 is 0 Å². The van der Waals surface area contributed by atoms with E-state index in [2.05, 4.69) is 10.2 Å². The number of amides is 2. The summed E-state index contributed by atoms with van der Waals surface area (Å²) in [7, 11) is 0.